The molecule has 1 aromatic carbocycles. The van der Waals surface area contributed by atoms with Crippen molar-refractivity contribution < 1.29 is 4.74 Å². The average molecular weight is 403 g/mol. The smallest absolute Gasteiger partial charge is 0.191 e. The number of nitrogens with zero attached hydrogens (tertiary/aromatic N) is 1. The number of rotatable bonds is 7. The van der Waals surface area contributed by atoms with Gasteiger partial charge in [0.1, 0.15) is 0 Å². The van der Waals surface area contributed by atoms with Gasteiger partial charge in [-0.3, -0.25) is 4.99 Å². The molecule has 0 aromatic heterocycles. The molecule has 4 nitrogen and oxygen atoms in total. The highest BCUT2D eigenvalue weighted by Gasteiger charge is 2.20. The van der Waals surface area contributed by atoms with Crippen LogP contribution in [0.4, 0.5) is 0 Å². The minimum atomic E-state index is 0. The highest BCUT2D eigenvalue weighted by Crippen LogP contribution is 2.27. The monoisotopic (exact) mass is 403 g/mol. The Kier molecular flexibility index (Phi) is 8.68. The molecule has 1 saturated carbocycles. The van der Waals surface area contributed by atoms with E-state index < -0.39 is 0 Å². The molecule has 0 saturated heterocycles. The molecular weight excluding hydrogens is 377 g/mol. The quantitative estimate of drug-likeness (QED) is 0.418. The summed E-state index contributed by atoms with van der Waals surface area (Å²) in [7, 11) is 1.81. The van der Waals surface area contributed by atoms with Gasteiger partial charge in [-0.25, -0.2) is 0 Å². The SMILES string of the molecule is CCOCc1ccc(CNC(=NC)NCC2CC2)cc1.I. The zero-order valence-corrected chi connectivity index (χ0v) is 15.2. The van der Waals surface area contributed by atoms with Crippen LogP contribution in [0.15, 0.2) is 29.3 Å². The highest BCUT2D eigenvalue weighted by molar-refractivity contribution is 14.0. The van der Waals surface area contributed by atoms with Crippen molar-refractivity contribution in [2.75, 3.05) is 20.2 Å². The summed E-state index contributed by atoms with van der Waals surface area (Å²) < 4.78 is 5.39. The molecule has 0 radical (unpaired) electrons. The maximum absolute atomic E-state index is 5.39. The molecule has 0 spiro atoms. The second-order valence-electron chi connectivity index (χ2n) is 5.20. The van der Waals surface area contributed by atoms with Crippen molar-refractivity contribution in [3.8, 4) is 0 Å². The molecule has 0 amide bonds. The first-order chi connectivity index (χ1) is 9.81. The van der Waals surface area contributed by atoms with Gasteiger partial charge in [0.15, 0.2) is 5.96 Å². The number of nitrogens with one attached hydrogen (secondary N) is 2. The van der Waals surface area contributed by atoms with E-state index >= 15 is 0 Å². The summed E-state index contributed by atoms with van der Waals surface area (Å²) in [5, 5.41) is 6.70. The molecule has 1 fully saturated rings. The van der Waals surface area contributed by atoms with Crippen molar-refractivity contribution in [2.45, 2.75) is 32.9 Å². The lowest BCUT2D eigenvalue weighted by Gasteiger charge is -2.11. The van der Waals surface area contributed by atoms with Crippen LogP contribution in [0.5, 0.6) is 0 Å². The van der Waals surface area contributed by atoms with Crippen LogP contribution in [0, 0.1) is 5.92 Å². The largest absolute Gasteiger partial charge is 0.377 e. The average Bonchev–Trinajstić information content (AvgIpc) is 3.30. The van der Waals surface area contributed by atoms with Gasteiger partial charge in [0, 0.05) is 26.7 Å². The lowest BCUT2D eigenvalue weighted by molar-refractivity contribution is 0.134. The van der Waals surface area contributed by atoms with Crippen LogP contribution in [-0.2, 0) is 17.9 Å². The summed E-state index contributed by atoms with van der Waals surface area (Å²) in [6.45, 7) is 5.28. The minimum absolute atomic E-state index is 0. The third-order valence-electron chi connectivity index (χ3n) is 3.43. The fourth-order valence-corrected chi connectivity index (χ4v) is 1.94. The summed E-state index contributed by atoms with van der Waals surface area (Å²) in [6, 6.07) is 8.51. The van der Waals surface area contributed by atoms with Gasteiger partial charge in [0.25, 0.3) is 0 Å². The first-order valence-corrected chi connectivity index (χ1v) is 7.42. The van der Waals surface area contributed by atoms with E-state index in [1.807, 2.05) is 14.0 Å². The predicted molar refractivity (Wildman–Crippen MR) is 98.1 cm³/mol. The summed E-state index contributed by atoms with van der Waals surface area (Å²) in [5.41, 5.74) is 2.46. The van der Waals surface area contributed by atoms with Gasteiger partial charge in [0.05, 0.1) is 6.61 Å². The molecule has 21 heavy (non-hydrogen) atoms. The topological polar surface area (TPSA) is 45.6 Å². The standard InChI is InChI=1S/C16H25N3O.HI/c1-3-20-12-15-8-6-14(7-9-15)11-19-16(17-2)18-10-13-4-5-13;/h6-9,13H,3-5,10-12H2,1-2H3,(H2,17,18,19);1H. The van der Waals surface area contributed by atoms with E-state index in [4.69, 9.17) is 4.74 Å². The van der Waals surface area contributed by atoms with Crippen molar-refractivity contribution >= 4 is 29.9 Å². The predicted octanol–water partition coefficient (Wildman–Crippen LogP) is 2.92. The van der Waals surface area contributed by atoms with Gasteiger partial charge in [-0.15, -0.1) is 24.0 Å². The van der Waals surface area contributed by atoms with E-state index in [9.17, 15) is 0 Å². The van der Waals surface area contributed by atoms with Gasteiger partial charge >= 0.3 is 0 Å². The fraction of sp³-hybridized carbons (Fsp3) is 0.562. The summed E-state index contributed by atoms with van der Waals surface area (Å²) in [5.74, 6) is 1.74. The first kappa shape index (κ1) is 18.2. The van der Waals surface area contributed by atoms with Crippen LogP contribution in [0.3, 0.4) is 0 Å². The lowest BCUT2D eigenvalue weighted by Crippen LogP contribution is -2.37. The van der Waals surface area contributed by atoms with E-state index in [0.717, 1.165) is 31.6 Å². The van der Waals surface area contributed by atoms with Gasteiger partial charge in [0.2, 0.25) is 0 Å². The Morgan fingerprint density at radius 3 is 2.43 bits per heavy atom. The van der Waals surface area contributed by atoms with Gasteiger partial charge in [-0.1, -0.05) is 24.3 Å². The molecule has 118 valence electrons. The molecule has 0 aliphatic heterocycles. The van der Waals surface area contributed by atoms with Crippen molar-refractivity contribution in [2.24, 2.45) is 10.9 Å². The van der Waals surface area contributed by atoms with E-state index in [0.29, 0.717) is 6.61 Å². The normalized spacial score (nSPS) is 14.5. The number of aliphatic imine (C=N–C) groups is 1. The second-order valence-corrected chi connectivity index (χ2v) is 5.20. The summed E-state index contributed by atoms with van der Waals surface area (Å²) in [4.78, 5) is 4.24. The summed E-state index contributed by atoms with van der Waals surface area (Å²) in [6.07, 6.45) is 2.70. The Labute approximate surface area is 144 Å². The Morgan fingerprint density at radius 2 is 1.86 bits per heavy atom. The molecule has 0 unspecified atom stereocenters. The first-order valence-electron chi connectivity index (χ1n) is 7.42. The van der Waals surface area contributed by atoms with Crippen molar-refractivity contribution in [1.82, 2.24) is 10.6 Å². The van der Waals surface area contributed by atoms with Crippen LogP contribution < -0.4 is 10.6 Å². The highest BCUT2D eigenvalue weighted by atomic mass is 127. The number of guanidine groups is 1. The van der Waals surface area contributed by atoms with Crippen molar-refractivity contribution in [3.05, 3.63) is 35.4 Å². The van der Waals surface area contributed by atoms with Crippen LogP contribution >= 0.6 is 24.0 Å². The van der Waals surface area contributed by atoms with Crippen LogP contribution in [-0.4, -0.2) is 26.2 Å². The zero-order chi connectivity index (χ0) is 14.2. The Balaban J connectivity index is 0.00000220. The van der Waals surface area contributed by atoms with Crippen molar-refractivity contribution in [3.63, 3.8) is 0 Å². The maximum atomic E-state index is 5.39. The van der Waals surface area contributed by atoms with E-state index in [1.54, 1.807) is 0 Å². The number of hydrogen-bond acceptors (Lipinski definition) is 2. The molecule has 1 aliphatic carbocycles. The molecule has 1 aromatic rings. The van der Waals surface area contributed by atoms with Gasteiger partial charge in [-0.2, -0.15) is 0 Å². The van der Waals surface area contributed by atoms with E-state index in [2.05, 4.69) is 39.9 Å². The number of ether oxygens (including phenoxy) is 1. The molecule has 1 aliphatic rings. The molecule has 0 atom stereocenters. The summed E-state index contributed by atoms with van der Waals surface area (Å²) >= 11 is 0. The van der Waals surface area contributed by atoms with Gasteiger partial charge < -0.3 is 15.4 Å². The number of benzene rings is 1. The van der Waals surface area contributed by atoms with Crippen LogP contribution in [0.25, 0.3) is 0 Å². The molecule has 2 rings (SSSR count). The number of hydrogen-bond donors (Lipinski definition) is 2. The minimum Gasteiger partial charge on any atom is -0.377 e. The second kappa shape index (κ2) is 10.00. The zero-order valence-electron chi connectivity index (χ0n) is 12.9. The van der Waals surface area contributed by atoms with Gasteiger partial charge in [-0.05, 0) is 36.8 Å². The third-order valence-corrected chi connectivity index (χ3v) is 3.43. The van der Waals surface area contributed by atoms with Crippen LogP contribution in [0.2, 0.25) is 0 Å². The maximum Gasteiger partial charge on any atom is 0.191 e. The molecule has 0 bridgehead atoms. The molecule has 5 heteroatoms. The van der Waals surface area contributed by atoms with Crippen LogP contribution in [0.1, 0.15) is 30.9 Å². The molecule has 2 N–H and O–H groups in total. The van der Waals surface area contributed by atoms with E-state index in [1.165, 1.54) is 24.0 Å². The Bertz CT molecular complexity index is 430. The van der Waals surface area contributed by atoms with Crippen molar-refractivity contribution in [1.29, 1.82) is 0 Å². The molecule has 0 heterocycles. The third kappa shape index (κ3) is 7.13. The Hall–Kier alpha value is -0.820. The number of halogens is 1. The Morgan fingerprint density at radius 1 is 1.19 bits per heavy atom. The molecular formula is C16H26IN3O. The van der Waals surface area contributed by atoms with E-state index in [-0.39, 0.29) is 24.0 Å². The fourth-order valence-electron chi connectivity index (χ4n) is 1.94. The lowest BCUT2D eigenvalue weighted by atomic mass is 10.1.